The lowest BCUT2D eigenvalue weighted by Gasteiger charge is -2.00. The summed E-state index contributed by atoms with van der Waals surface area (Å²) in [4.78, 5) is 16.0. The highest BCUT2D eigenvalue weighted by Gasteiger charge is 2.07. The zero-order valence-corrected chi connectivity index (χ0v) is 11.3. The van der Waals surface area contributed by atoms with Crippen LogP contribution in [0.25, 0.3) is 0 Å². The van der Waals surface area contributed by atoms with Crippen molar-refractivity contribution < 1.29 is 14.4 Å². The van der Waals surface area contributed by atoms with Crippen molar-refractivity contribution in [2.24, 2.45) is 0 Å². The van der Waals surface area contributed by atoms with E-state index in [0.29, 0.717) is 17.5 Å². The number of hydrogen-bond donors (Lipinski definition) is 1. The molecule has 1 heterocycles. The van der Waals surface area contributed by atoms with Crippen LogP contribution in [0.1, 0.15) is 35.4 Å². The number of benzene rings is 1. The number of thioether (sulfide) groups is 1. The maximum absolute atomic E-state index is 10.9. The Hall–Kier alpha value is -1.82. The quantitative estimate of drug-likeness (QED) is 0.818. The Bertz CT molecular complexity index is 569. The summed E-state index contributed by atoms with van der Waals surface area (Å²) in [5, 5.41) is 12.8. The zero-order chi connectivity index (χ0) is 13.7. The number of carboxylic acids is 1. The predicted molar refractivity (Wildman–Crippen MR) is 71.3 cm³/mol. The second-order valence-corrected chi connectivity index (χ2v) is 5.02. The second-order valence-electron chi connectivity index (χ2n) is 3.98. The van der Waals surface area contributed by atoms with Crippen molar-refractivity contribution >= 4 is 17.7 Å². The highest BCUT2D eigenvalue weighted by Crippen LogP contribution is 2.22. The van der Waals surface area contributed by atoms with Crippen molar-refractivity contribution in [3.63, 3.8) is 0 Å². The molecule has 1 aromatic heterocycles. The van der Waals surface area contributed by atoms with E-state index in [-0.39, 0.29) is 5.56 Å². The van der Waals surface area contributed by atoms with Crippen LogP contribution in [-0.2, 0) is 12.2 Å². The average Bonchev–Trinajstić information content (AvgIpc) is 2.85. The minimum absolute atomic E-state index is 0.282. The number of aromatic carboxylic acids is 1. The van der Waals surface area contributed by atoms with E-state index in [1.165, 1.54) is 11.8 Å². The molecule has 0 amide bonds. The molecule has 0 atom stereocenters. The van der Waals surface area contributed by atoms with E-state index in [2.05, 4.69) is 17.1 Å². The van der Waals surface area contributed by atoms with Crippen molar-refractivity contribution in [1.82, 2.24) is 10.1 Å². The lowest BCUT2D eigenvalue weighted by Crippen LogP contribution is -1.95. The molecular formula is C13H14N2O3S. The maximum Gasteiger partial charge on any atom is 0.335 e. The van der Waals surface area contributed by atoms with Gasteiger partial charge in [0, 0.05) is 11.3 Å². The Morgan fingerprint density at radius 1 is 1.47 bits per heavy atom. The number of carboxylic acid groups (broad SMARTS) is 1. The molecule has 0 spiro atoms. The molecule has 2 rings (SSSR count). The molecule has 0 radical (unpaired) electrons. The Labute approximate surface area is 115 Å². The minimum Gasteiger partial charge on any atom is -0.478 e. The molecule has 1 aromatic carbocycles. The molecule has 6 heteroatoms. The summed E-state index contributed by atoms with van der Waals surface area (Å²) >= 11 is 1.49. The Kier molecular flexibility index (Phi) is 4.57. The Morgan fingerprint density at radius 2 is 2.32 bits per heavy atom. The molecule has 2 aromatic rings. The van der Waals surface area contributed by atoms with Gasteiger partial charge in [0.15, 0.2) is 5.82 Å². The lowest BCUT2D eigenvalue weighted by molar-refractivity contribution is 0.0696. The van der Waals surface area contributed by atoms with Gasteiger partial charge in [0.2, 0.25) is 5.89 Å². The Morgan fingerprint density at radius 3 is 3.05 bits per heavy atom. The first-order chi connectivity index (χ1) is 9.19. The molecule has 100 valence electrons. The van der Waals surface area contributed by atoms with Crippen molar-refractivity contribution in [2.75, 3.05) is 0 Å². The van der Waals surface area contributed by atoms with Crippen LogP contribution < -0.4 is 0 Å². The van der Waals surface area contributed by atoms with E-state index in [1.54, 1.807) is 18.2 Å². The summed E-state index contributed by atoms with van der Waals surface area (Å²) in [6.07, 6.45) is 1.75. The first kappa shape index (κ1) is 13.6. The van der Waals surface area contributed by atoms with E-state index in [1.807, 2.05) is 6.07 Å². The summed E-state index contributed by atoms with van der Waals surface area (Å²) in [5.74, 6) is 0.926. The van der Waals surface area contributed by atoms with Gasteiger partial charge in [0.05, 0.1) is 11.3 Å². The third kappa shape index (κ3) is 3.82. The molecule has 0 saturated carbocycles. The maximum atomic E-state index is 10.9. The van der Waals surface area contributed by atoms with Gasteiger partial charge in [-0.2, -0.15) is 4.98 Å². The van der Waals surface area contributed by atoms with Crippen LogP contribution in [-0.4, -0.2) is 21.2 Å². The third-order valence-electron chi connectivity index (χ3n) is 2.42. The van der Waals surface area contributed by atoms with Crippen LogP contribution in [0.5, 0.6) is 0 Å². The fourth-order valence-corrected chi connectivity index (χ4v) is 2.33. The number of carbonyl (C=O) groups is 1. The summed E-state index contributed by atoms with van der Waals surface area (Å²) in [6, 6.07) is 6.80. The first-order valence-electron chi connectivity index (χ1n) is 5.96. The molecule has 0 aliphatic heterocycles. The van der Waals surface area contributed by atoms with Crippen molar-refractivity contribution in [3.05, 3.63) is 41.5 Å². The topological polar surface area (TPSA) is 76.2 Å². The van der Waals surface area contributed by atoms with Crippen LogP contribution >= 0.6 is 11.8 Å². The van der Waals surface area contributed by atoms with Gasteiger partial charge < -0.3 is 9.63 Å². The lowest BCUT2D eigenvalue weighted by atomic mass is 10.2. The van der Waals surface area contributed by atoms with Crippen molar-refractivity contribution in [1.29, 1.82) is 0 Å². The van der Waals surface area contributed by atoms with Crippen LogP contribution in [0.15, 0.2) is 33.7 Å². The van der Waals surface area contributed by atoms with E-state index in [4.69, 9.17) is 9.63 Å². The first-order valence-corrected chi connectivity index (χ1v) is 6.95. The SMILES string of the molecule is CCCc1nc(CSc2cccc(C(=O)O)c2)no1. The minimum atomic E-state index is -0.924. The smallest absolute Gasteiger partial charge is 0.335 e. The number of rotatable bonds is 6. The van der Waals surface area contributed by atoms with Crippen LogP contribution in [0.2, 0.25) is 0 Å². The van der Waals surface area contributed by atoms with Gasteiger partial charge in [-0.05, 0) is 24.6 Å². The fourth-order valence-electron chi connectivity index (χ4n) is 1.53. The normalized spacial score (nSPS) is 10.6. The fraction of sp³-hybridized carbons (Fsp3) is 0.308. The van der Waals surface area contributed by atoms with Crippen LogP contribution in [0.3, 0.4) is 0 Å². The van der Waals surface area contributed by atoms with E-state index < -0.39 is 5.97 Å². The summed E-state index contributed by atoms with van der Waals surface area (Å²) in [6.45, 7) is 2.05. The molecule has 0 bridgehead atoms. The van der Waals surface area contributed by atoms with Gasteiger partial charge in [0.25, 0.3) is 0 Å². The van der Waals surface area contributed by atoms with Gasteiger partial charge in [-0.25, -0.2) is 4.79 Å². The van der Waals surface area contributed by atoms with E-state index >= 15 is 0 Å². The van der Waals surface area contributed by atoms with Crippen LogP contribution in [0.4, 0.5) is 0 Å². The third-order valence-corrected chi connectivity index (χ3v) is 3.41. The van der Waals surface area contributed by atoms with Crippen molar-refractivity contribution in [2.45, 2.75) is 30.4 Å². The molecule has 0 fully saturated rings. The average molecular weight is 278 g/mol. The standard InChI is InChI=1S/C13H14N2O3S/c1-2-4-12-14-11(15-18-12)8-19-10-6-3-5-9(7-10)13(16)17/h3,5-7H,2,4,8H2,1H3,(H,16,17). The number of hydrogen-bond acceptors (Lipinski definition) is 5. The zero-order valence-electron chi connectivity index (χ0n) is 10.5. The van der Waals surface area contributed by atoms with Gasteiger partial charge in [-0.1, -0.05) is 18.1 Å². The van der Waals surface area contributed by atoms with E-state index in [9.17, 15) is 4.79 Å². The highest BCUT2D eigenvalue weighted by atomic mass is 32.2. The molecule has 1 N–H and O–H groups in total. The van der Waals surface area contributed by atoms with Gasteiger partial charge >= 0.3 is 5.97 Å². The monoisotopic (exact) mass is 278 g/mol. The van der Waals surface area contributed by atoms with Gasteiger partial charge in [0.1, 0.15) is 0 Å². The summed E-state index contributed by atoms with van der Waals surface area (Å²) in [5.41, 5.74) is 0.282. The number of nitrogens with zero attached hydrogens (tertiary/aromatic N) is 2. The summed E-state index contributed by atoms with van der Waals surface area (Å²) < 4.78 is 5.09. The Balaban J connectivity index is 1.97. The predicted octanol–water partition coefficient (Wildman–Crippen LogP) is 3.01. The molecule has 0 saturated heterocycles. The molecule has 19 heavy (non-hydrogen) atoms. The van der Waals surface area contributed by atoms with E-state index in [0.717, 1.165) is 17.7 Å². The molecule has 0 unspecified atom stereocenters. The van der Waals surface area contributed by atoms with Crippen LogP contribution in [0, 0.1) is 0 Å². The number of aromatic nitrogens is 2. The second kappa shape index (κ2) is 6.38. The molecule has 5 nitrogen and oxygen atoms in total. The summed E-state index contributed by atoms with van der Waals surface area (Å²) in [7, 11) is 0. The highest BCUT2D eigenvalue weighted by molar-refractivity contribution is 7.98. The number of aryl methyl sites for hydroxylation is 1. The molecule has 0 aliphatic rings. The van der Waals surface area contributed by atoms with Gasteiger partial charge in [-0.15, -0.1) is 11.8 Å². The largest absolute Gasteiger partial charge is 0.478 e. The van der Waals surface area contributed by atoms with Crippen molar-refractivity contribution in [3.8, 4) is 0 Å². The molecule has 0 aliphatic carbocycles. The molecular weight excluding hydrogens is 264 g/mol. The van der Waals surface area contributed by atoms with Gasteiger partial charge in [-0.3, -0.25) is 0 Å².